The number of rotatable bonds is 5. The second-order valence-electron chi connectivity index (χ2n) is 5.22. The third kappa shape index (κ3) is 4.72. The number of carboxylic acids is 1. The molecule has 0 bridgehead atoms. The molecule has 0 radical (unpaired) electrons. The zero-order valence-corrected chi connectivity index (χ0v) is 14.0. The second-order valence-corrected chi connectivity index (χ2v) is 6.06. The Labute approximate surface area is 151 Å². The molecule has 0 aromatic heterocycles. The first-order valence-electron chi connectivity index (χ1n) is 7.00. The molecule has 138 valence electrons. The number of nitrogens with one attached hydrogen (secondary N) is 1. The lowest BCUT2D eigenvalue weighted by Crippen LogP contribution is -2.64. The molecule has 9 nitrogen and oxygen atoms in total. The molecule has 25 heavy (non-hydrogen) atoms. The highest BCUT2D eigenvalue weighted by Gasteiger charge is 2.47. The predicted molar refractivity (Wildman–Crippen MR) is 84.4 cm³/mol. The van der Waals surface area contributed by atoms with Gasteiger partial charge >= 0.3 is 5.97 Å². The molecule has 5 N–H and O–H groups in total. The molecule has 0 spiro atoms. The zero-order valence-electron chi connectivity index (χ0n) is 12.5. The number of aliphatic carboxylic acids is 1. The maximum Gasteiger partial charge on any atom is 0.335 e. The minimum absolute atomic E-state index is 0.179. The van der Waals surface area contributed by atoms with Gasteiger partial charge in [-0.15, -0.1) is 0 Å². The molecule has 1 fully saturated rings. The molecule has 11 heteroatoms. The van der Waals surface area contributed by atoms with Crippen LogP contribution in [0, 0.1) is 0 Å². The Morgan fingerprint density at radius 3 is 2.44 bits per heavy atom. The van der Waals surface area contributed by atoms with Crippen molar-refractivity contribution < 1.29 is 39.5 Å². The van der Waals surface area contributed by atoms with Gasteiger partial charge in [0.15, 0.2) is 18.9 Å². The average Bonchev–Trinajstić information content (AvgIpc) is 2.54. The fourth-order valence-electron chi connectivity index (χ4n) is 2.14. The van der Waals surface area contributed by atoms with Gasteiger partial charge in [-0.1, -0.05) is 23.2 Å². The lowest BCUT2D eigenvalue weighted by molar-refractivity contribution is -0.233. The topological polar surface area (TPSA) is 146 Å². The highest BCUT2D eigenvalue weighted by molar-refractivity contribution is 6.35. The van der Waals surface area contributed by atoms with Crippen molar-refractivity contribution in [3.05, 3.63) is 28.2 Å². The van der Waals surface area contributed by atoms with Crippen molar-refractivity contribution in [3.63, 3.8) is 0 Å². The third-order valence-electron chi connectivity index (χ3n) is 3.41. The molecule has 1 saturated heterocycles. The number of aliphatic hydroxyl groups is 3. The van der Waals surface area contributed by atoms with Crippen LogP contribution in [0.25, 0.3) is 0 Å². The number of ether oxygens (including phenoxy) is 2. The molecule has 1 aromatic carbocycles. The molecular formula is C14H15Cl2NO8. The van der Waals surface area contributed by atoms with E-state index in [0.29, 0.717) is 5.02 Å². The Morgan fingerprint density at radius 2 is 1.84 bits per heavy atom. The molecule has 0 saturated carbocycles. The van der Waals surface area contributed by atoms with Crippen molar-refractivity contribution in [3.8, 4) is 5.75 Å². The van der Waals surface area contributed by atoms with Crippen molar-refractivity contribution in [2.45, 2.75) is 30.6 Å². The Kier molecular flexibility index (Phi) is 6.44. The monoisotopic (exact) mass is 395 g/mol. The molecule has 1 heterocycles. The van der Waals surface area contributed by atoms with E-state index in [0.717, 1.165) is 0 Å². The third-order valence-corrected chi connectivity index (χ3v) is 3.94. The summed E-state index contributed by atoms with van der Waals surface area (Å²) in [5.74, 6) is -2.14. The van der Waals surface area contributed by atoms with Crippen LogP contribution in [0.15, 0.2) is 18.2 Å². The van der Waals surface area contributed by atoms with Gasteiger partial charge in [-0.25, -0.2) is 4.79 Å². The van der Waals surface area contributed by atoms with Gasteiger partial charge in [0, 0.05) is 5.02 Å². The van der Waals surface area contributed by atoms with Crippen LogP contribution in [-0.4, -0.2) is 69.6 Å². The zero-order chi connectivity index (χ0) is 18.7. The lowest BCUT2D eigenvalue weighted by Gasteiger charge is -2.38. The number of carboxylic acid groups (broad SMARTS) is 1. The van der Waals surface area contributed by atoms with E-state index >= 15 is 0 Å². The molecule has 1 amide bonds. The Hall–Kier alpha value is -1.62. The van der Waals surface area contributed by atoms with E-state index in [-0.39, 0.29) is 10.8 Å². The molecule has 1 aromatic rings. The number of hydrogen-bond acceptors (Lipinski definition) is 7. The van der Waals surface area contributed by atoms with Crippen molar-refractivity contribution in [2.75, 3.05) is 6.61 Å². The van der Waals surface area contributed by atoms with E-state index in [1.165, 1.54) is 18.2 Å². The first-order valence-corrected chi connectivity index (χ1v) is 7.76. The number of amides is 1. The van der Waals surface area contributed by atoms with E-state index in [4.69, 9.17) is 37.8 Å². The summed E-state index contributed by atoms with van der Waals surface area (Å²) in [5.41, 5.74) is 0. The molecule has 1 aliphatic rings. The SMILES string of the molecule is O=C(COc1ccc(Cl)cc1Cl)N[C@@H]1O[C@H](C(=O)O)[C@@H](O)[C@H](O)[C@H]1O. The standard InChI is InChI=1S/C14H15Cl2NO8/c15-5-1-2-7(6(16)3-5)24-4-8(18)17-13-11(21)9(19)10(20)12(25-13)14(22)23/h1-3,9-13,19-21H,4H2,(H,17,18)(H,22,23)/t9-,10-,11+,12-,13+/m0/s1. The van der Waals surface area contributed by atoms with Crippen LogP contribution in [0.4, 0.5) is 0 Å². The predicted octanol–water partition coefficient (Wildman–Crippen LogP) is -0.619. The fraction of sp³-hybridized carbons (Fsp3) is 0.429. The lowest BCUT2D eigenvalue weighted by atomic mass is 9.98. The molecular weight excluding hydrogens is 381 g/mol. The van der Waals surface area contributed by atoms with Crippen LogP contribution in [0.3, 0.4) is 0 Å². The van der Waals surface area contributed by atoms with E-state index in [2.05, 4.69) is 5.32 Å². The Balaban J connectivity index is 1.95. The first-order chi connectivity index (χ1) is 11.7. The number of carbonyl (C=O) groups is 2. The van der Waals surface area contributed by atoms with Gasteiger partial charge in [-0.3, -0.25) is 4.79 Å². The number of benzene rings is 1. The molecule has 0 unspecified atom stereocenters. The summed E-state index contributed by atoms with van der Waals surface area (Å²) in [6.45, 7) is -0.523. The Bertz CT molecular complexity index is 658. The summed E-state index contributed by atoms with van der Waals surface area (Å²) in [4.78, 5) is 22.9. The summed E-state index contributed by atoms with van der Waals surface area (Å²) >= 11 is 11.6. The summed E-state index contributed by atoms with van der Waals surface area (Å²) in [6, 6.07) is 4.37. The van der Waals surface area contributed by atoms with Crippen LogP contribution in [0.5, 0.6) is 5.75 Å². The Morgan fingerprint density at radius 1 is 1.16 bits per heavy atom. The van der Waals surface area contributed by atoms with Crippen LogP contribution >= 0.6 is 23.2 Å². The quantitative estimate of drug-likeness (QED) is 0.443. The second kappa shape index (κ2) is 8.17. The van der Waals surface area contributed by atoms with Crippen molar-refractivity contribution in [1.82, 2.24) is 5.32 Å². The summed E-state index contributed by atoms with van der Waals surface area (Å²) in [6.07, 6.45) is -8.74. The molecule has 1 aliphatic heterocycles. The minimum Gasteiger partial charge on any atom is -0.482 e. The number of halogens is 2. The molecule has 2 rings (SSSR count). The van der Waals surface area contributed by atoms with Crippen molar-refractivity contribution in [1.29, 1.82) is 0 Å². The summed E-state index contributed by atoms with van der Waals surface area (Å²) < 4.78 is 10.1. The fourth-order valence-corrected chi connectivity index (χ4v) is 2.60. The van der Waals surface area contributed by atoms with E-state index in [1.807, 2.05) is 0 Å². The van der Waals surface area contributed by atoms with Gasteiger partial charge in [0.25, 0.3) is 5.91 Å². The van der Waals surface area contributed by atoms with E-state index in [9.17, 15) is 24.9 Å². The average molecular weight is 396 g/mol. The van der Waals surface area contributed by atoms with Gasteiger partial charge in [0.1, 0.15) is 24.1 Å². The highest BCUT2D eigenvalue weighted by Crippen LogP contribution is 2.27. The van der Waals surface area contributed by atoms with Crippen molar-refractivity contribution in [2.24, 2.45) is 0 Å². The van der Waals surface area contributed by atoms with Crippen molar-refractivity contribution >= 4 is 35.1 Å². The van der Waals surface area contributed by atoms with Crippen LogP contribution < -0.4 is 10.1 Å². The maximum absolute atomic E-state index is 11.9. The van der Waals surface area contributed by atoms with Crippen LogP contribution in [0.1, 0.15) is 0 Å². The summed E-state index contributed by atoms with van der Waals surface area (Å²) in [5, 5.41) is 40.7. The number of aliphatic hydroxyl groups excluding tert-OH is 3. The van der Waals surface area contributed by atoms with Gasteiger partial charge < -0.3 is 35.2 Å². The largest absolute Gasteiger partial charge is 0.482 e. The van der Waals surface area contributed by atoms with Gasteiger partial charge in [0.2, 0.25) is 0 Å². The summed E-state index contributed by atoms with van der Waals surface area (Å²) in [7, 11) is 0. The van der Waals surface area contributed by atoms with Crippen LogP contribution in [0.2, 0.25) is 10.0 Å². The number of carbonyl (C=O) groups excluding carboxylic acids is 1. The highest BCUT2D eigenvalue weighted by atomic mass is 35.5. The molecule has 5 atom stereocenters. The van der Waals surface area contributed by atoms with E-state index < -0.39 is 49.1 Å². The maximum atomic E-state index is 11.9. The van der Waals surface area contributed by atoms with E-state index in [1.54, 1.807) is 0 Å². The van der Waals surface area contributed by atoms with Gasteiger partial charge in [0.05, 0.1) is 5.02 Å². The number of hydrogen-bond donors (Lipinski definition) is 5. The smallest absolute Gasteiger partial charge is 0.335 e. The minimum atomic E-state index is -1.84. The normalized spacial score (nSPS) is 29.1. The van der Waals surface area contributed by atoms with Crippen LogP contribution in [-0.2, 0) is 14.3 Å². The van der Waals surface area contributed by atoms with Gasteiger partial charge in [-0.2, -0.15) is 0 Å². The van der Waals surface area contributed by atoms with Gasteiger partial charge in [-0.05, 0) is 18.2 Å². The first kappa shape index (κ1) is 19.7. The molecule has 0 aliphatic carbocycles.